The maximum atomic E-state index is 11.9. The lowest BCUT2D eigenvalue weighted by Gasteiger charge is -2.13. The van der Waals surface area contributed by atoms with Crippen molar-refractivity contribution < 1.29 is 4.74 Å². The molecule has 0 saturated heterocycles. The van der Waals surface area contributed by atoms with Crippen molar-refractivity contribution in [2.45, 2.75) is 41.2 Å². The number of halogens is 1. The average molecular weight is 432 g/mol. The van der Waals surface area contributed by atoms with E-state index in [1.165, 1.54) is 6.07 Å². The minimum Gasteiger partial charge on any atom is -0.375 e. The van der Waals surface area contributed by atoms with Gasteiger partial charge in [0.05, 0.1) is 18.9 Å². The first-order valence-corrected chi connectivity index (χ1v) is 10.3. The molecule has 1 aromatic carbocycles. The summed E-state index contributed by atoms with van der Waals surface area (Å²) in [7, 11) is 0. The minimum atomic E-state index is -0.242. The van der Waals surface area contributed by atoms with E-state index in [1.807, 2.05) is 58.0 Å². The second kappa shape index (κ2) is 15.2. The molecule has 0 radical (unpaired) electrons. The Morgan fingerprint density at radius 2 is 2.03 bits per heavy atom. The molecule has 5 nitrogen and oxygen atoms in total. The van der Waals surface area contributed by atoms with Crippen LogP contribution in [-0.4, -0.2) is 16.6 Å². The molecule has 1 unspecified atom stereocenters. The van der Waals surface area contributed by atoms with Crippen molar-refractivity contribution in [1.82, 2.24) is 9.97 Å². The number of aromatic nitrogens is 2. The van der Waals surface area contributed by atoms with E-state index in [1.54, 1.807) is 0 Å². The number of H-pyrrole nitrogens is 1. The van der Waals surface area contributed by atoms with E-state index >= 15 is 0 Å². The number of ether oxygens (including phenoxy) is 1. The molecule has 0 spiro atoms. The van der Waals surface area contributed by atoms with Crippen LogP contribution in [0.1, 0.15) is 39.0 Å². The van der Waals surface area contributed by atoms with Gasteiger partial charge in [0.15, 0.2) is 0 Å². The summed E-state index contributed by atoms with van der Waals surface area (Å²) in [5.41, 5.74) is 3.12. The van der Waals surface area contributed by atoms with Gasteiger partial charge in [-0.1, -0.05) is 57.2 Å². The number of nitrogens with one attached hydrogen (secondary N) is 2. The van der Waals surface area contributed by atoms with E-state index in [-0.39, 0.29) is 18.1 Å². The fraction of sp³-hybridized carbons (Fsp3) is 0.333. The molecule has 2 N–H and O–H groups in total. The van der Waals surface area contributed by atoms with Crippen LogP contribution in [-0.2, 0) is 11.3 Å². The third-order valence-corrected chi connectivity index (χ3v) is 4.48. The predicted octanol–water partition coefficient (Wildman–Crippen LogP) is 6.59. The molecule has 0 amide bonds. The van der Waals surface area contributed by atoms with Crippen LogP contribution in [0.4, 0.5) is 11.6 Å². The van der Waals surface area contributed by atoms with Gasteiger partial charge in [-0.2, -0.15) is 0 Å². The second-order valence-electron chi connectivity index (χ2n) is 6.03. The number of hydrogen-bond acceptors (Lipinski definition) is 4. The summed E-state index contributed by atoms with van der Waals surface area (Å²) in [6, 6.07) is 6.96. The Balaban J connectivity index is 0.00000198. The number of hydrogen-bond donors (Lipinski definition) is 2. The predicted molar refractivity (Wildman–Crippen MR) is 130 cm³/mol. The van der Waals surface area contributed by atoms with E-state index in [2.05, 4.69) is 41.9 Å². The molecular formula is C24H34ClN3O2. The Morgan fingerprint density at radius 1 is 1.37 bits per heavy atom. The molecule has 1 atom stereocenters. The molecule has 164 valence electrons. The van der Waals surface area contributed by atoms with Crippen molar-refractivity contribution in [2.75, 3.05) is 11.9 Å². The van der Waals surface area contributed by atoms with E-state index in [4.69, 9.17) is 16.3 Å². The van der Waals surface area contributed by atoms with Gasteiger partial charge in [-0.05, 0) is 37.1 Å². The lowest BCUT2D eigenvalue weighted by Crippen LogP contribution is -2.14. The van der Waals surface area contributed by atoms with Gasteiger partial charge in [0, 0.05) is 22.7 Å². The third kappa shape index (κ3) is 8.80. The summed E-state index contributed by atoms with van der Waals surface area (Å²) < 4.78 is 5.72. The summed E-state index contributed by atoms with van der Waals surface area (Å²) in [5.74, 6) is 0.584. The van der Waals surface area contributed by atoms with Crippen LogP contribution >= 0.6 is 11.6 Å². The zero-order valence-electron chi connectivity index (χ0n) is 18.7. The van der Waals surface area contributed by atoms with Crippen molar-refractivity contribution in [1.29, 1.82) is 0 Å². The van der Waals surface area contributed by atoms with Crippen molar-refractivity contribution in [3.63, 3.8) is 0 Å². The molecule has 6 heteroatoms. The molecule has 0 aliphatic heterocycles. The first-order chi connectivity index (χ1) is 14.4. The van der Waals surface area contributed by atoms with E-state index < -0.39 is 0 Å². The van der Waals surface area contributed by atoms with Gasteiger partial charge in [0.2, 0.25) is 5.95 Å². The molecule has 30 heavy (non-hydrogen) atoms. The summed E-state index contributed by atoms with van der Waals surface area (Å²) in [5, 5.41) is 3.75. The number of benzene rings is 1. The van der Waals surface area contributed by atoms with Crippen LogP contribution in [0.25, 0.3) is 0 Å². The van der Waals surface area contributed by atoms with Crippen LogP contribution in [0.15, 0.2) is 66.5 Å². The number of allylic oxidation sites excluding steroid dienone is 2. The summed E-state index contributed by atoms with van der Waals surface area (Å²) in [4.78, 5) is 19.0. The minimum absolute atomic E-state index is 0.228. The summed E-state index contributed by atoms with van der Waals surface area (Å²) in [6.07, 6.45) is 3.84. The summed E-state index contributed by atoms with van der Waals surface area (Å²) >= 11 is 6.13. The number of rotatable bonds is 8. The third-order valence-electron chi connectivity index (χ3n) is 4.07. The second-order valence-corrected chi connectivity index (χ2v) is 6.44. The Morgan fingerprint density at radius 3 is 2.63 bits per heavy atom. The first-order valence-electron chi connectivity index (χ1n) is 9.93. The highest BCUT2D eigenvalue weighted by Crippen LogP contribution is 2.24. The van der Waals surface area contributed by atoms with E-state index in [0.717, 1.165) is 16.8 Å². The molecule has 0 fully saturated rings. The van der Waals surface area contributed by atoms with Gasteiger partial charge in [0.25, 0.3) is 5.56 Å². The fourth-order valence-corrected chi connectivity index (χ4v) is 2.73. The highest BCUT2D eigenvalue weighted by Gasteiger charge is 2.08. The molecule has 0 aliphatic carbocycles. The van der Waals surface area contributed by atoms with Crippen molar-refractivity contribution in [3.05, 3.63) is 88.4 Å². The van der Waals surface area contributed by atoms with E-state index in [0.29, 0.717) is 23.3 Å². The highest BCUT2D eigenvalue weighted by molar-refractivity contribution is 6.31. The van der Waals surface area contributed by atoms with E-state index in [9.17, 15) is 4.79 Å². The Bertz CT molecular complexity index is 875. The topological polar surface area (TPSA) is 67.0 Å². The SMILES string of the molecule is C=C.C=C/C(=C\C)C(C)COCc1cc(=O)[nH]c(Nc2cccc(Cl)c2C)n1.CC. The average Bonchev–Trinajstić information content (AvgIpc) is 2.75. The fourth-order valence-electron chi connectivity index (χ4n) is 2.55. The van der Waals surface area contributed by atoms with Crippen LogP contribution in [0.5, 0.6) is 0 Å². The molecule has 0 saturated carbocycles. The monoisotopic (exact) mass is 431 g/mol. The van der Waals surface area contributed by atoms with Gasteiger partial charge >= 0.3 is 0 Å². The number of anilines is 2. The van der Waals surface area contributed by atoms with Gasteiger partial charge in [-0.3, -0.25) is 9.78 Å². The van der Waals surface area contributed by atoms with Crippen molar-refractivity contribution >= 4 is 23.2 Å². The first kappa shape index (κ1) is 27.4. The Labute approximate surface area is 185 Å². The maximum Gasteiger partial charge on any atom is 0.252 e. The largest absolute Gasteiger partial charge is 0.375 e. The number of nitrogens with zero attached hydrogens (tertiary/aromatic N) is 1. The molecular weight excluding hydrogens is 398 g/mol. The Kier molecular flexibility index (Phi) is 13.9. The van der Waals surface area contributed by atoms with Gasteiger partial charge < -0.3 is 10.1 Å². The van der Waals surface area contributed by atoms with Gasteiger partial charge in [-0.25, -0.2) is 4.98 Å². The normalized spacial score (nSPS) is 11.3. The molecule has 0 aliphatic rings. The lowest BCUT2D eigenvalue weighted by atomic mass is 10.0. The quantitative estimate of drug-likeness (QED) is 0.365. The van der Waals surface area contributed by atoms with Crippen LogP contribution in [0, 0.1) is 12.8 Å². The smallest absolute Gasteiger partial charge is 0.252 e. The summed E-state index contributed by atoms with van der Waals surface area (Å²) in [6.45, 7) is 20.5. The maximum absolute atomic E-state index is 11.9. The van der Waals surface area contributed by atoms with Crippen LogP contribution < -0.4 is 10.9 Å². The van der Waals surface area contributed by atoms with Crippen molar-refractivity contribution in [2.24, 2.45) is 5.92 Å². The zero-order valence-corrected chi connectivity index (χ0v) is 19.5. The molecule has 1 aromatic heterocycles. The lowest BCUT2D eigenvalue weighted by molar-refractivity contribution is 0.0995. The zero-order chi connectivity index (χ0) is 23.1. The number of aromatic amines is 1. The van der Waals surface area contributed by atoms with Gasteiger partial charge in [-0.15, -0.1) is 13.2 Å². The molecule has 2 aromatic rings. The standard InChI is InChI=1S/C20H24ClN3O2.C2H6.C2H4/c1-5-15(6-2)13(3)11-26-12-16-10-19(25)24-20(22-16)23-18-9-7-8-17(21)14(18)4;2*1-2/h5-10,13H,1,11-12H2,2-4H3,(H2,22,23,24,25);1-2H3;1-2H2/b15-6+;;. The molecule has 1 heterocycles. The highest BCUT2D eigenvalue weighted by atomic mass is 35.5. The Hall–Kier alpha value is -2.63. The van der Waals surface area contributed by atoms with Crippen LogP contribution in [0.2, 0.25) is 5.02 Å². The van der Waals surface area contributed by atoms with Crippen LogP contribution in [0.3, 0.4) is 0 Å². The molecule has 2 rings (SSSR count). The van der Waals surface area contributed by atoms with Crippen molar-refractivity contribution in [3.8, 4) is 0 Å². The molecule has 0 bridgehead atoms. The van der Waals surface area contributed by atoms with Gasteiger partial charge in [0.1, 0.15) is 0 Å².